The van der Waals surface area contributed by atoms with E-state index in [1.807, 2.05) is 62.3 Å². The molecule has 1 N–H and O–H groups in total. The van der Waals surface area contributed by atoms with E-state index in [9.17, 15) is 4.79 Å². The second-order valence-electron chi connectivity index (χ2n) is 5.30. The number of nitrogens with zero attached hydrogens (tertiary/aromatic N) is 2. The van der Waals surface area contributed by atoms with Crippen molar-refractivity contribution in [3.8, 4) is 0 Å². The van der Waals surface area contributed by atoms with Crippen LogP contribution in [0.4, 0.5) is 0 Å². The molecule has 2 aromatic rings. The normalized spacial score (nSPS) is 12.2. The molecule has 0 spiro atoms. The van der Waals surface area contributed by atoms with Crippen LogP contribution in [-0.2, 0) is 11.3 Å². The van der Waals surface area contributed by atoms with Crippen molar-refractivity contribution < 1.29 is 4.79 Å². The molecule has 0 fully saturated rings. The van der Waals surface area contributed by atoms with E-state index in [1.165, 1.54) is 5.56 Å². The minimum Gasteiger partial charge on any atom is -0.350 e. The lowest BCUT2D eigenvalue weighted by atomic mass is 10.1. The van der Waals surface area contributed by atoms with Gasteiger partial charge >= 0.3 is 0 Å². The van der Waals surface area contributed by atoms with Gasteiger partial charge in [0.25, 0.3) is 0 Å². The van der Waals surface area contributed by atoms with Crippen LogP contribution in [0.1, 0.15) is 22.7 Å². The minimum atomic E-state index is -0.331. The average Bonchev–Trinajstić information content (AvgIpc) is 2.47. The zero-order chi connectivity index (χ0) is 15.2. The predicted molar refractivity (Wildman–Crippen MR) is 83.7 cm³/mol. The summed E-state index contributed by atoms with van der Waals surface area (Å²) in [5, 5.41) is 3.01. The first kappa shape index (κ1) is 15.2. The van der Waals surface area contributed by atoms with Gasteiger partial charge < -0.3 is 5.32 Å². The summed E-state index contributed by atoms with van der Waals surface area (Å²) in [6, 6.07) is 11.5. The van der Waals surface area contributed by atoms with E-state index in [0.29, 0.717) is 6.54 Å². The number of carbonyl (C=O) groups excluding carboxylic acids is 1. The molecular formula is C17H21N3O. The van der Waals surface area contributed by atoms with Crippen LogP contribution in [0.25, 0.3) is 0 Å². The molecule has 2 rings (SSSR count). The molecule has 110 valence electrons. The van der Waals surface area contributed by atoms with Gasteiger partial charge in [0.05, 0.1) is 0 Å². The summed E-state index contributed by atoms with van der Waals surface area (Å²) >= 11 is 0. The zero-order valence-corrected chi connectivity index (χ0v) is 12.7. The third-order valence-electron chi connectivity index (χ3n) is 3.48. The Hall–Kier alpha value is -2.20. The summed E-state index contributed by atoms with van der Waals surface area (Å²) in [6.07, 6.45) is 3.44. The van der Waals surface area contributed by atoms with Crippen LogP contribution in [0.3, 0.4) is 0 Å². The van der Waals surface area contributed by atoms with Gasteiger partial charge in [-0.1, -0.05) is 30.3 Å². The fraction of sp³-hybridized carbons (Fsp3) is 0.294. The maximum Gasteiger partial charge on any atom is 0.242 e. The van der Waals surface area contributed by atoms with Crippen LogP contribution in [0, 0.1) is 6.92 Å². The van der Waals surface area contributed by atoms with Gasteiger partial charge in [-0.25, -0.2) is 0 Å². The number of likely N-dealkylation sites (N-methyl/N-ethyl adjacent to an activating group) is 1. The van der Waals surface area contributed by atoms with E-state index >= 15 is 0 Å². The molecule has 0 saturated carbocycles. The van der Waals surface area contributed by atoms with E-state index in [4.69, 9.17) is 0 Å². The maximum atomic E-state index is 12.5. The monoisotopic (exact) mass is 283 g/mol. The van der Waals surface area contributed by atoms with Gasteiger partial charge in [-0.05, 0) is 43.8 Å². The van der Waals surface area contributed by atoms with Gasteiger partial charge in [0.2, 0.25) is 5.91 Å². The number of rotatable bonds is 5. The van der Waals surface area contributed by atoms with E-state index in [1.54, 1.807) is 12.4 Å². The van der Waals surface area contributed by atoms with Crippen molar-refractivity contribution in [2.75, 3.05) is 14.1 Å². The topological polar surface area (TPSA) is 45.2 Å². The van der Waals surface area contributed by atoms with Crippen molar-refractivity contribution in [2.45, 2.75) is 19.5 Å². The molecule has 0 aliphatic carbocycles. The molecule has 0 bridgehead atoms. The van der Waals surface area contributed by atoms with Crippen molar-refractivity contribution in [1.29, 1.82) is 0 Å². The van der Waals surface area contributed by atoms with Crippen molar-refractivity contribution in [2.24, 2.45) is 0 Å². The van der Waals surface area contributed by atoms with Gasteiger partial charge in [0.15, 0.2) is 0 Å². The number of carbonyl (C=O) groups is 1. The molecule has 21 heavy (non-hydrogen) atoms. The Morgan fingerprint density at radius 3 is 2.62 bits per heavy atom. The number of amides is 1. The highest BCUT2D eigenvalue weighted by atomic mass is 16.2. The summed E-state index contributed by atoms with van der Waals surface area (Å²) in [5.74, 6) is -0.0174. The second kappa shape index (κ2) is 6.99. The lowest BCUT2D eigenvalue weighted by Gasteiger charge is -2.23. The Labute approximate surface area is 125 Å². The molecular weight excluding hydrogens is 262 g/mol. The van der Waals surface area contributed by atoms with E-state index in [-0.39, 0.29) is 11.9 Å². The van der Waals surface area contributed by atoms with Crippen LogP contribution >= 0.6 is 0 Å². The molecule has 1 aromatic carbocycles. The molecule has 0 saturated heterocycles. The molecule has 4 heteroatoms. The second-order valence-corrected chi connectivity index (χ2v) is 5.30. The van der Waals surface area contributed by atoms with E-state index in [2.05, 4.69) is 10.3 Å². The number of hydrogen-bond acceptors (Lipinski definition) is 3. The van der Waals surface area contributed by atoms with Gasteiger partial charge in [-0.2, -0.15) is 0 Å². The van der Waals surface area contributed by atoms with Crippen LogP contribution in [0.5, 0.6) is 0 Å². The fourth-order valence-corrected chi connectivity index (χ4v) is 2.31. The van der Waals surface area contributed by atoms with Crippen molar-refractivity contribution in [3.63, 3.8) is 0 Å². The van der Waals surface area contributed by atoms with Crippen molar-refractivity contribution in [3.05, 3.63) is 65.5 Å². The Bertz CT molecular complexity index is 596. The first-order valence-corrected chi connectivity index (χ1v) is 6.98. The Kier molecular flexibility index (Phi) is 5.06. The quantitative estimate of drug-likeness (QED) is 0.916. The standard InChI is InChI=1S/C17H21N3O/c1-13-7-4-5-8-14(13)12-19-17(21)16(20(2)3)15-9-6-10-18-11-15/h4-11,16H,12H2,1-3H3,(H,19,21). The molecule has 1 unspecified atom stereocenters. The summed E-state index contributed by atoms with van der Waals surface area (Å²) < 4.78 is 0. The Morgan fingerprint density at radius 2 is 2.00 bits per heavy atom. The van der Waals surface area contributed by atoms with Crippen molar-refractivity contribution in [1.82, 2.24) is 15.2 Å². The molecule has 0 aliphatic rings. The van der Waals surface area contributed by atoms with Gasteiger partial charge in [0, 0.05) is 18.9 Å². The Balaban J connectivity index is 2.08. The molecule has 1 aromatic heterocycles. The zero-order valence-electron chi connectivity index (χ0n) is 12.7. The first-order chi connectivity index (χ1) is 10.1. The smallest absolute Gasteiger partial charge is 0.242 e. The van der Waals surface area contributed by atoms with Gasteiger partial charge in [-0.3, -0.25) is 14.7 Å². The molecule has 1 atom stereocenters. The number of aromatic nitrogens is 1. The molecule has 1 heterocycles. The maximum absolute atomic E-state index is 12.5. The van der Waals surface area contributed by atoms with Crippen LogP contribution in [-0.4, -0.2) is 29.9 Å². The third kappa shape index (κ3) is 3.89. The van der Waals surface area contributed by atoms with Crippen molar-refractivity contribution >= 4 is 5.91 Å². The molecule has 4 nitrogen and oxygen atoms in total. The number of aryl methyl sites for hydroxylation is 1. The van der Waals surface area contributed by atoms with E-state index < -0.39 is 0 Å². The first-order valence-electron chi connectivity index (χ1n) is 6.98. The minimum absolute atomic E-state index is 0.0174. The summed E-state index contributed by atoms with van der Waals surface area (Å²) in [6.45, 7) is 2.59. The summed E-state index contributed by atoms with van der Waals surface area (Å²) in [5.41, 5.74) is 3.21. The predicted octanol–water partition coefficient (Wildman–Crippen LogP) is 2.31. The number of hydrogen-bond donors (Lipinski definition) is 1. The third-order valence-corrected chi connectivity index (χ3v) is 3.48. The number of pyridine rings is 1. The molecule has 0 radical (unpaired) electrons. The lowest BCUT2D eigenvalue weighted by molar-refractivity contribution is -0.125. The Morgan fingerprint density at radius 1 is 1.24 bits per heavy atom. The summed E-state index contributed by atoms with van der Waals surface area (Å²) in [4.78, 5) is 18.5. The highest BCUT2D eigenvalue weighted by Crippen LogP contribution is 2.17. The van der Waals surface area contributed by atoms with Crippen LogP contribution in [0.15, 0.2) is 48.8 Å². The summed E-state index contributed by atoms with van der Waals surface area (Å²) in [7, 11) is 3.79. The lowest BCUT2D eigenvalue weighted by Crippen LogP contribution is -2.36. The SMILES string of the molecule is Cc1ccccc1CNC(=O)C(c1cccnc1)N(C)C. The largest absolute Gasteiger partial charge is 0.350 e. The van der Waals surface area contributed by atoms with Crippen LogP contribution in [0.2, 0.25) is 0 Å². The van der Waals surface area contributed by atoms with Gasteiger partial charge in [-0.15, -0.1) is 0 Å². The molecule has 1 amide bonds. The average molecular weight is 283 g/mol. The number of nitrogens with one attached hydrogen (secondary N) is 1. The highest BCUT2D eigenvalue weighted by Gasteiger charge is 2.22. The molecule has 0 aliphatic heterocycles. The van der Waals surface area contributed by atoms with E-state index in [0.717, 1.165) is 11.1 Å². The fourth-order valence-electron chi connectivity index (χ4n) is 2.31. The van der Waals surface area contributed by atoms with Crippen LogP contribution < -0.4 is 5.32 Å². The highest BCUT2D eigenvalue weighted by molar-refractivity contribution is 5.83. The number of benzene rings is 1. The van der Waals surface area contributed by atoms with Gasteiger partial charge in [0.1, 0.15) is 6.04 Å².